The lowest BCUT2D eigenvalue weighted by atomic mass is 10.1. The molecule has 140 valence electrons. The molecule has 0 aliphatic carbocycles. The van der Waals surface area contributed by atoms with E-state index in [0.717, 1.165) is 0 Å². The van der Waals surface area contributed by atoms with E-state index in [1.807, 2.05) is 0 Å². The zero-order valence-corrected chi connectivity index (χ0v) is 14.4. The van der Waals surface area contributed by atoms with Gasteiger partial charge in [0.25, 0.3) is 17.5 Å². The molecule has 0 saturated carbocycles. The Morgan fingerprint density at radius 1 is 1.04 bits per heavy atom. The third-order valence-corrected chi connectivity index (χ3v) is 3.54. The van der Waals surface area contributed by atoms with Crippen LogP contribution in [0, 0.1) is 10.1 Å². The third-order valence-electron chi connectivity index (χ3n) is 3.54. The summed E-state index contributed by atoms with van der Waals surface area (Å²) in [6.07, 6.45) is -1.55. The van der Waals surface area contributed by atoms with Gasteiger partial charge in [0.1, 0.15) is 0 Å². The van der Waals surface area contributed by atoms with Gasteiger partial charge in [-0.2, -0.15) is 0 Å². The summed E-state index contributed by atoms with van der Waals surface area (Å²) in [6, 6.07) is 14.0. The van der Waals surface area contributed by atoms with Crippen LogP contribution in [0.4, 0.5) is 5.69 Å². The second-order valence-corrected chi connectivity index (χ2v) is 5.50. The Balaban J connectivity index is 1.86. The van der Waals surface area contributed by atoms with Gasteiger partial charge in [-0.25, -0.2) is 0 Å². The molecule has 0 aromatic heterocycles. The zero-order chi connectivity index (χ0) is 19.8. The number of benzene rings is 2. The minimum absolute atomic E-state index is 0.178. The van der Waals surface area contributed by atoms with Crippen molar-refractivity contribution in [3.05, 3.63) is 75.8 Å². The summed E-state index contributed by atoms with van der Waals surface area (Å²) in [6.45, 7) is 1.32. The summed E-state index contributed by atoms with van der Waals surface area (Å²) in [5, 5.41) is 10.9. The van der Waals surface area contributed by atoms with Gasteiger partial charge in [0.15, 0.2) is 6.10 Å². The van der Waals surface area contributed by atoms with Crippen LogP contribution in [0.3, 0.4) is 0 Å². The van der Waals surface area contributed by atoms with Gasteiger partial charge in [-0.05, 0) is 19.1 Å². The number of nitro groups is 1. The van der Waals surface area contributed by atoms with Crippen LogP contribution in [0.25, 0.3) is 0 Å². The molecule has 0 heterocycles. The minimum atomic E-state index is -1.20. The first kappa shape index (κ1) is 19.6. The van der Waals surface area contributed by atoms with Crippen LogP contribution >= 0.6 is 0 Å². The lowest BCUT2D eigenvalue weighted by Gasteiger charge is -2.14. The quantitative estimate of drug-likeness (QED) is 0.450. The van der Waals surface area contributed by atoms with Crippen molar-refractivity contribution in [1.82, 2.24) is 10.9 Å². The predicted octanol–water partition coefficient (Wildman–Crippen LogP) is 1.53. The molecule has 0 saturated heterocycles. The highest BCUT2D eigenvalue weighted by Crippen LogP contribution is 2.18. The highest BCUT2D eigenvalue weighted by molar-refractivity contribution is 5.95. The van der Waals surface area contributed by atoms with E-state index in [9.17, 15) is 24.5 Å². The molecule has 2 N–H and O–H groups in total. The lowest BCUT2D eigenvalue weighted by molar-refractivity contribution is -0.385. The highest BCUT2D eigenvalue weighted by Gasteiger charge is 2.21. The van der Waals surface area contributed by atoms with Crippen molar-refractivity contribution >= 4 is 23.5 Å². The number of para-hydroxylation sites is 1. The fourth-order valence-electron chi connectivity index (χ4n) is 2.17. The number of rotatable bonds is 6. The number of carbonyl (C=O) groups excluding carboxylic acids is 3. The van der Waals surface area contributed by atoms with E-state index in [2.05, 4.69) is 10.9 Å². The number of ether oxygens (including phenoxy) is 1. The molecule has 0 spiro atoms. The third kappa shape index (κ3) is 5.63. The van der Waals surface area contributed by atoms with Crippen LogP contribution in [0.2, 0.25) is 0 Å². The number of nitrogens with zero attached hydrogens (tertiary/aromatic N) is 1. The average Bonchev–Trinajstić information content (AvgIpc) is 2.66. The maximum absolute atomic E-state index is 11.9. The van der Waals surface area contributed by atoms with Crippen LogP contribution in [-0.4, -0.2) is 28.8 Å². The molecule has 0 bridgehead atoms. The van der Waals surface area contributed by atoms with E-state index >= 15 is 0 Å². The Labute approximate surface area is 154 Å². The van der Waals surface area contributed by atoms with Gasteiger partial charge in [0, 0.05) is 17.2 Å². The van der Waals surface area contributed by atoms with E-state index < -0.39 is 28.8 Å². The summed E-state index contributed by atoms with van der Waals surface area (Å²) in [5.41, 5.74) is 4.68. The summed E-state index contributed by atoms with van der Waals surface area (Å²) in [5.74, 6) is -2.07. The maximum Gasteiger partial charge on any atom is 0.311 e. The molecule has 27 heavy (non-hydrogen) atoms. The number of hydrogen-bond donors (Lipinski definition) is 2. The molecule has 2 amide bonds. The van der Waals surface area contributed by atoms with Gasteiger partial charge in [-0.1, -0.05) is 36.4 Å². The number of carbonyl (C=O) groups is 3. The molecular formula is C18H17N3O6. The molecular weight excluding hydrogens is 354 g/mol. The van der Waals surface area contributed by atoms with Crippen molar-refractivity contribution < 1.29 is 24.0 Å². The zero-order valence-electron chi connectivity index (χ0n) is 14.4. The van der Waals surface area contributed by atoms with E-state index in [1.165, 1.54) is 25.1 Å². The number of esters is 1. The second-order valence-electron chi connectivity index (χ2n) is 5.50. The first-order valence-electron chi connectivity index (χ1n) is 7.95. The molecule has 2 aromatic rings. The van der Waals surface area contributed by atoms with E-state index in [4.69, 9.17) is 4.74 Å². The largest absolute Gasteiger partial charge is 0.452 e. The molecule has 0 aliphatic rings. The average molecular weight is 371 g/mol. The monoisotopic (exact) mass is 371 g/mol. The first-order valence-corrected chi connectivity index (χ1v) is 7.95. The molecule has 0 fully saturated rings. The normalized spacial score (nSPS) is 11.1. The van der Waals surface area contributed by atoms with Crippen molar-refractivity contribution in [2.75, 3.05) is 0 Å². The topological polar surface area (TPSA) is 128 Å². The molecule has 9 nitrogen and oxygen atoms in total. The standard InChI is InChI=1S/C18H17N3O6/c1-12(17(23)19-20-18(24)13-7-3-2-4-8-13)27-16(22)11-14-9-5-6-10-15(14)21(25)26/h2-10,12H,11H2,1H3,(H,19,23)(H,20,24)/t12-/m0/s1. The van der Waals surface area contributed by atoms with Gasteiger partial charge in [-0.15, -0.1) is 0 Å². The van der Waals surface area contributed by atoms with E-state index in [0.29, 0.717) is 5.56 Å². The summed E-state index contributed by atoms with van der Waals surface area (Å²) < 4.78 is 4.96. The van der Waals surface area contributed by atoms with Gasteiger partial charge >= 0.3 is 5.97 Å². The maximum atomic E-state index is 11.9. The molecule has 1 atom stereocenters. The molecule has 2 aromatic carbocycles. The Hall–Kier alpha value is -3.75. The van der Waals surface area contributed by atoms with Gasteiger partial charge in [0.05, 0.1) is 11.3 Å². The molecule has 0 unspecified atom stereocenters. The van der Waals surface area contributed by atoms with Crippen molar-refractivity contribution in [2.45, 2.75) is 19.4 Å². The van der Waals surface area contributed by atoms with Crippen molar-refractivity contribution in [3.8, 4) is 0 Å². The highest BCUT2D eigenvalue weighted by atomic mass is 16.6. The lowest BCUT2D eigenvalue weighted by Crippen LogP contribution is -2.46. The van der Waals surface area contributed by atoms with Crippen LogP contribution in [0.5, 0.6) is 0 Å². The van der Waals surface area contributed by atoms with E-state index in [-0.39, 0.29) is 17.7 Å². The van der Waals surface area contributed by atoms with Gasteiger partial charge in [-0.3, -0.25) is 35.3 Å². The Kier molecular flexibility index (Phi) is 6.59. The fraction of sp³-hybridized carbons (Fsp3) is 0.167. The minimum Gasteiger partial charge on any atom is -0.452 e. The number of nitro benzene ring substituents is 1. The molecule has 9 heteroatoms. The molecule has 2 rings (SSSR count). The number of hydrazine groups is 1. The predicted molar refractivity (Wildman–Crippen MR) is 94.4 cm³/mol. The van der Waals surface area contributed by atoms with Crippen molar-refractivity contribution in [1.29, 1.82) is 0 Å². The Bertz CT molecular complexity index is 853. The van der Waals surface area contributed by atoms with Crippen molar-refractivity contribution in [3.63, 3.8) is 0 Å². The first-order chi connectivity index (χ1) is 12.9. The summed E-state index contributed by atoms with van der Waals surface area (Å²) in [4.78, 5) is 46.1. The van der Waals surface area contributed by atoms with Crippen LogP contribution in [0.15, 0.2) is 54.6 Å². The Morgan fingerprint density at radius 2 is 1.67 bits per heavy atom. The van der Waals surface area contributed by atoms with Gasteiger partial charge in [0.2, 0.25) is 0 Å². The van der Waals surface area contributed by atoms with Crippen molar-refractivity contribution in [2.24, 2.45) is 0 Å². The second kappa shape index (κ2) is 9.09. The van der Waals surface area contributed by atoms with Crippen LogP contribution in [-0.2, 0) is 20.7 Å². The number of hydrogen-bond acceptors (Lipinski definition) is 6. The Morgan fingerprint density at radius 3 is 2.33 bits per heavy atom. The summed E-state index contributed by atoms with van der Waals surface area (Å²) >= 11 is 0. The molecule has 0 aliphatic heterocycles. The summed E-state index contributed by atoms with van der Waals surface area (Å²) in [7, 11) is 0. The SMILES string of the molecule is C[C@H](OC(=O)Cc1ccccc1[N+](=O)[O-])C(=O)NNC(=O)c1ccccc1. The van der Waals surface area contributed by atoms with E-state index in [1.54, 1.807) is 36.4 Å². The van der Waals surface area contributed by atoms with Crippen LogP contribution in [0.1, 0.15) is 22.8 Å². The van der Waals surface area contributed by atoms with Gasteiger partial charge < -0.3 is 4.74 Å². The van der Waals surface area contributed by atoms with Crippen LogP contribution < -0.4 is 10.9 Å². The smallest absolute Gasteiger partial charge is 0.311 e. The number of amides is 2. The fourth-order valence-corrected chi connectivity index (χ4v) is 2.17. The molecule has 0 radical (unpaired) electrons. The number of nitrogens with one attached hydrogen (secondary N) is 2.